The minimum absolute atomic E-state index is 0.321. The van der Waals surface area contributed by atoms with E-state index in [4.69, 9.17) is 9.47 Å². The van der Waals surface area contributed by atoms with Crippen LogP contribution in [0.25, 0.3) is 0 Å². The number of rotatable bonds is 9. The SMILES string of the molecule is CCOC1CC(NCC(O)COc2cccc(CC)c2)C1. The average Bonchev–Trinajstić information content (AvgIpc) is 2.47. The second-order valence-electron chi connectivity index (χ2n) is 5.62. The van der Waals surface area contributed by atoms with Crippen LogP contribution in [0.4, 0.5) is 0 Å². The number of aryl methyl sites for hydroxylation is 1. The Morgan fingerprint density at radius 1 is 1.33 bits per heavy atom. The van der Waals surface area contributed by atoms with E-state index in [1.165, 1.54) is 5.56 Å². The van der Waals surface area contributed by atoms with Crippen molar-refractivity contribution in [2.75, 3.05) is 19.8 Å². The maximum absolute atomic E-state index is 9.96. The van der Waals surface area contributed by atoms with Gasteiger partial charge in [-0.05, 0) is 43.9 Å². The standard InChI is InChI=1S/C17H27NO3/c1-3-13-6-5-7-16(8-13)21-12-15(19)11-18-14-9-17(10-14)20-4-2/h5-8,14-15,17-19H,3-4,9-12H2,1-2H3. The number of benzene rings is 1. The fraction of sp³-hybridized carbons (Fsp3) is 0.647. The minimum atomic E-state index is -0.485. The molecule has 0 bridgehead atoms. The van der Waals surface area contributed by atoms with E-state index < -0.39 is 6.10 Å². The normalized spacial score (nSPS) is 22.6. The fourth-order valence-corrected chi connectivity index (χ4v) is 2.51. The topological polar surface area (TPSA) is 50.7 Å². The van der Waals surface area contributed by atoms with Gasteiger partial charge in [-0.1, -0.05) is 19.1 Å². The number of hydrogen-bond donors (Lipinski definition) is 2. The van der Waals surface area contributed by atoms with Crippen molar-refractivity contribution in [3.8, 4) is 5.75 Å². The smallest absolute Gasteiger partial charge is 0.119 e. The molecule has 2 rings (SSSR count). The summed E-state index contributed by atoms with van der Waals surface area (Å²) < 4.78 is 11.2. The van der Waals surface area contributed by atoms with Crippen LogP contribution in [0, 0.1) is 0 Å². The summed E-state index contributed by atoms with van der Waals surface area (Å²) in [6, 6.07) is 8.49. The van der Waals surface area contributed by atoms with E-state index in [1.54, 1.807) is 0 Å². The lowest BCUT2D eigenvalue weighted by Gasteiger charge is -2.36. The number of aliphatic hydroxyl groups excluding tert-OH is 1. The molecule has 4 nitrogen and oxygen atoms in total. The summed E-state index contributed by atoms with van der Waals surface area (Å²) in [7, 11) is 0. The van der Waals surface area contributed by atoms with Gasteiger partial charge >= 0.3 is 0 Å². The molecule has 1 unspecified atom stereocenters. The molecule has 2 N–H and O–H groups in total. The molecule has 0 aromatic heterocycles. The molecule has 0 aliphatic heterocycles. The van der Waals surface area contributed by atoms with Crippen molar-refractivity contribution < 1.29 is 14.6 Å². The van der Waals surface area contributed by atoms with Gasteiger partial charge in [0, 0.05) is 19.2 Å². The quantitative estimate of drug-likeness (QED) is 0.732. The first-order chi connectivity index (χ1) is 10.2. The predicted molar refractivity (Wildman–Crippen MR) is 83.8 cm³/mol. The Bertz CT molecular complexity index is 418. The Balaban J connectivity index is 1.60. The lowest BCUT2D eigenvalue weighted by molar-refractivity contribution is -0.0134. The van der Waals surface area contributed by atoms with Crippen molar-refractivity contribution in [3.63, 3.8) is 0 Å². The number of hydrogen-bond acceptors (Lipinski definition) is 4. The summed E-state index contributed by atoms with van der Waals surface area (Å²) >= 11 is 0. The largest absolute Gasteiger partial charge is 0.491 e. The molecular formula is C17H27NO3. The lowest BCUT2D eigenvalue weighted by Crippen LogP contribution is -2.48. The zero-order chi connectivity index (χ0) is 15.1. The van der Waals surface area contributed by atoms with Crippen LogP contribution in [0.2, 0.25) is 0 Å². The highest BCUT2D eigenvalue weighted by atomic mass is 16.5. The van der Waals surface area contributed by atoms with Crippen molar-refractivity contribution in [1.29, 1.82) is 0 Å². The van der Waals surface area contributed by atoms with Gasteiger partial charge in [0.25, 0.3) is 0 Å². The monoisotopic (exact) mass is 293 g/mol. The first-order valence-electron chi connectivity index (χ1n) is 7.96. The first-order valence-corrected chi connectivity index (χ1v) is 7.96. The zero-order valence-electron chi connectivity index (χ0n) is 13.0. The number of nitrogens with one attached hydrogen (secondary N) is 1. The molecule has 0 radical (unpaired) electrons. The van der Waals surface area contributed by atoms with E-state index >= 15 is 0 Å². The highest BCUT2D eigenvalue weighted by Gasteiger charge is 2.29. The van der Waals surface area contributed by atoms with Crippen LogP contribution in [0.15, 0.2) is 24.3 Å². The van der Waals surface area contributed by atoms with Crippen molar-refractivity contribution in [2.24, 2.45) is 0 Å². The van der Waals surface area contributed by atoms with Crippen LogP contribution in [-0.4, -0.2) is 43.1 Å². The molecule has 0 saturated heterocycles. The average molecular weight is 293 g/mol. The van der Waals surface area contributed by atoms with Crippen LogP contribution < -0.4 is 10.1 Å². The van der Waals surface area contributed by atoms with Gasteiger partial charge in [-0.3, -0.25) is 0 Å². The minimum Gasteiger partial charge on any atom is -0.491 e. The summed E-state index contributed by atoms with van der Waals surface area (Å²) in [6.07, 6.45) is 2.99. The van der Waals surface area contributed by atoms with E-state index in [2.05, 4.69) is 18.3 Å². The molecule has 1 aromatic rings. The summed E-state index contributed by atoms with van der Waals surface area (Å²) in [4.78, 5) is 0. The number of aliphatic hydroxyl groups is 1. The molecule has 4 heteroatoms. The Hall–Kier alpha value is -1.10. The number of ether oxygens (including phenoxy) is 2. The van der Waals surface area contributed by atoms with Crippen LogP contribution in [0.5, 0.6) is 5.75 Å². The first kappa shape index (κ1) is 16.3. The van der Waals surface area contributed by atoms with Crippen molar-refractivity contribution in [3.05, 3.63) is 29.8 Å². The van der Waals surface area contributed by atoms with Crippen molar-refractivity contribution >= 4 is 0 Å². The Kier molecular flexibility index (Phi) is 6.49. The van der Waals surface area contributed by atoms with Gasteiger partial charge < -0.3 is 19.9 Å². The highest BCUT2D eigenvalue weighted by Crippen LogP contribution is 2.23. The van der Waals surface area contributed by atoms with Gasteiger partial charge in [-0.15, -0.1) is 0 Å². The molecule has 0 amide bonds. The lowest BCUT2D eigenvalue weighted by atomic mass is 9.89. The third kappa shape index (κ3) is 5.30. The Morgan fingerprint density at radius 2 is 2.14 bits per heavy atom. The summed E-state index contributed by atoms with van der Waals surface area (Å²) in [5.74, 6) is 0.827. The molecule has 1 aliphatic rings. The summed E-state index contributed by atoms with van der Waals surface area (Å²) in [5.41, 5.74) is 1.25. The van der Waals surface area contributed by atoms with Crippen LogP contribution in [0.1, 0.15) is 32.3 Å². The molecular weight excluding hydrogens is 266 g/mol. The van der Waals surface area contributed by atoms with E-state index in [9.17, 15) is 5.11 Å². The molecule has 1 saturated carbocycles. The van der Waals surface area contributed by atoms with E-state index in [1.807, 2.05) is 25.1 Å². The second kappa shape index (κ2) is 8.37. The van der Waals surface area contributed by atoms with Crippen LogP contribution in [-0.2, 0) is 11.2 Å². The van der Waals surface area contributed by atoms with E-state index in [0.29, 0.717) is 25.3 Å². The molecule has 0 heterocycles. The fourth-order valence-electron chi connectivity index (χ4n) is 2.51. The maximum Gasteiger partial charge on any atom is 0.119 e. The maximum atomic E-state index is 9.96. The van der Waals surface area contributed by atoms with Gasteiger partial charge in [0.2, 0.25) is 0 Å². The zero-order valence-corrected chi connectivity index (χ0v) is 13.0. The molecule has 1 aromatic carbocycles. The van der Waals surface area contributed by atoms with Gasteiger partial charge in [-0.2, -0.15) is 0 Å². The third-order valence-corrected chi connectivity index (χ3v) is 3.89. The van der Waals surface area contributed by atoms with Crippen molar-refractivity contribution in [2.45, 2.75) is 51.4 Å². The van der Waals surface area contributed by atoms with Gasteiger partial charge in [0.05, 0.1) is 6.10 Å². The van der Waals surface area contributed by atoms with Gasteiger partial charge in [0.15, 0.2) is 0 Å². The van der Waals surface area contributed by atoms with E-state index in [0.717, 1.165) is 31.6 Å². The molecule has 1 aliphatic carbocycles. The van der Waals surface area contributed by atoms with Crippen LogP contribution in [0.3, 0.4) is 0 Å². The molecule has 1 fully saturated rings. The predicted octanol–water partition coefficient (Wildman–Crippen LogP) is 2.15. The highest BCUT2D eigenvalue weighted by molar-refractivity contribution is 5.28. The molecule has 0 spiro atoms. The van der Waals surface area contributed by atoms with Gasteiger partial charge in [0.1, 0.15) is 18.5 Å². The molecule has 1 atom stereocenters. The molecule has 21 heavy (non-hydrogen) atoms. The van der Waals surface area contributed by atoms with Crippen molar-refractivity contribution in [1.82, 2.24) is 5.32 Å². The Labute approximate surface area is 127 Å². The van der Waals surface area contributed by atoms with Crippen LogP contribution >= 0.6 is 0 Å². The summed E-state index contributed by atoms with van der Waals surface area (Å²) in [5, 5.41) is 13.3. The Morgan fingerprint density at radius 3 is 2.86 bits per heavy atom. The molecule has 118 valence electrons. The third-order valence-electron chi connectivity index (χ3n) is 3.89. The van der Waals surface area contributed by atoms with Gasteiger partial charge in [-0.25, -0.2) is 0 Å². The second-order valence-corrected chi connectivity index (χ2v) is 5.62. The van der Waals surface area contributed by atoms with E-state index in [-0.39, 0.29) is 0 Å². The summed E-state index contributed by atoms with van der Waals surface area (Å²) in [6.45, 7) is 5.81.